The molecule has 4 rings (SSSR count). The first-order valence-electron chi connectivity index (χ1n) is 8.44. The molecule has 1 amide bonds. The number of furan rings is 1. The van der Waals surface area contributed by atoms with Gasteiger partial charge in [-0.15, -0.1) is 0 Å². The van der Waals surface area contributed by atoms with Crippen molar-refractivity contribution in [2.75, 3.05) is 13.1 Å². The number of rotatable bonds is 2. The lowest BCUT2D eigenvalue weighted by molar-refractivity contribution is 0.0733. The van der Waals surface area contributed by atoms with Gasteiger partial charge in [0.2, 0.25) is 0 Å². The Morgan fingerprint density at radius 1 is 1.25 bits per heavy atom. The summed E-state index contributed by atoms with van der Waals surface area (Å²) < 4.78 is 6.03. The first-order valence-corrected chi connectivity index (χ1v) is 8.44. The number of aryl methyl sites for hydroxylation is 1. The number of amides is 1. The van der Waals surface area contributed by atoms with Crippen LogP contribution in [0.1, 0.15) is 29.5 Å². The van der Waals surface area contributed by atoms with E-state index in [2.05, 4.69) is 6.07 Å². The summed E-state index contributed by atoms with van der Waals surface area (Å²) in [4.78, 5) is 14.7. The highest BCUT2D eigenvalue weighted by Crippen LogP contribution is 2.33. The summed E-state index contributed by atoms with van der Waals surface area (Å²) in [5.74, 6) is 0.503. The summed E-state index contributed by atoms with van der Waals surface area (Å²) in [7, 11) is 0. The number of carbonyl (C=O) groups excluding carboxylic acids is 1. The van der Waals surface area contributed by atoms with E-state index in [1.165, 1.54) is 0 Å². The molecular formula is C20H21NO3. The molecule has 0 spiro atoms. The fourth-order valence-electron chi connectivity index (χ4n) is 3.66. The van der Waals surface area contributed by atoms with Gasteiger partial charge in [-0.1, -0.05) is 36.4 Å². The summed E-state index contributed by atoms with van der Waals surface area (Å²) in [6.07, 6.45) is 0.453. The quantitative estimate of drug-likeness (QED) is 0.781. The van der Waals surface area contributed by atoms with E-state index in [1.807, 2.05) is 37.3 Å². The summed E-state index contributed by atoms with van der Waals surface area (Å²) in [5.41, 5.74) is 1.67. The van der Waals surface area contributed by atoms with E-state index < -0.39 is 0 Å². The van der Waals surface area contributed by atoms with Crippen molar-refractivity contribution >= 4 is 27.6 Å². The van der Waals surface area contributed by atoms with Gasteiger partial charge in [-0.3, -0.25) is 4.79 Å². The van der Waals surface area contributed by atoms with Gasteiger partial charge < -0.3 is 14.4 Å². The Bertz CT molecular complexity index is 925. The third-order valence-electron chi connectivity index (χ3n) is 5.22. The molecule has 1 aliphatic heterocycles. The average molecular weight is 323 g/mol. The number of fused-ring (bicyclic) bond motifs is 3. The van der Waals surface area contributed by atoms with Gasteiger partial charge in [-0.05, 0) is 25.7 Å². The molecule has 2 unspecified atom stereocenters. The van der Waals surface area contributed by atoms with Crippen LogP contribution in [0.5, 0.6) is 0 Å². The normalized spacial score (nSPS) is 19.3. The van der Waals surface area contributed by atoms with Crippen LogP contribution in [0.25, 0.3) is 21.7 Å². The second-order valence-corrected chi connectivity index (χ2v) is 6.76. The van der Waals surface area contributed by atoms with E-state index in [0.29, 0.717) is 18.8 Å². The zero-order valence-electron chi connectivity index (χ0n) is 14.0. The predicted molar refractivity (Wildman–Crippen MR) is 94.1 cm³/mol. The first kappa shape index (κ1) is 15.2. The Balaban J connectivity index is 1.76. The van der Waals surface area contributed by atoms with Crippen LogP contribution >= 0.6 is 0 Å². The molecule has 1 aliphatic rings. The molecule has 4 heteroatoms. The van der Waals surface area contributed by atoms with Crippen LogP contribution in [-0.2, 0) is 0 Å². The van der Waals surface area contributed by atoms with Crippen LogP contribution in [0.2, 0.25) is 0 Å². The van der Waals surface area contributed by atoms with Gasteiger partial charge in [0.15, 0.2) is 5.76 Å². The Morgan fingerprint density at radius 2 is 2.04 bits per heavy atom. The third-order valence-corrected chi connectivity index (χ3v) is 5.22. The second-order valence-electron chi connectivity index (χ2n) is 6.76. The average Bonchev–Trinajstić information content (AvgIpc) is 3.20. The number of nitrogens with zero attached hydrogens (tertiary/aromatic N) is 1. The van der Waals surface area contributed by atoms with Gasteiger partial charge in [0.1, 0.15) is 5.58 Å². The van der Waals surface area contributed by atoms with E-state index >= 15 is 0 Å². The molecule has 4 nitrogen and oxygen atoms in total. The maximum Gasteiger partial charge on any atom is 0.289 e. The Hall–Kier alpha value is -2.33. The smallest absolute Gasteiger partial charge is 0.289 e. The highest BCUT2D eigenvalue weighted by Gasteiger charge is 2.32. The fraction of sp³-hybridized carbons (Fsp3) is 0.350. The molecule has 3 aromatic rings. The van der Waals surface area contributed by atoms with Crippen LogP contribution in [0.4, 0.5) is 0 Å². The van der Waals surface area contributed by atoms with Crippen molar-refractivity contribution in [3.05, 3.63) is 47.7 Å². The van der Waals surface area contributed by atoms with Crippen molar-refractivity contribution in [1.82, 2.24) is 4.90 Å². The molecular weight excluding hydrogens is 302 g/mol. The lowest BCUT2D eigenvalue weighted by atomic mass is 10.0. The number of hydrogen-bond donors (Lipinski definition) is 1. The number of hydrogen-bond acceptors (Lipinski definition) is 3. The second kappa shape index (κ2) is 5.64. The minimum absolute atomic E-state index is 0.0732. The first-order chi connectivity index (χ1) is 11.6. The number of benzene rings is 2. The summed E-state index contributed by atoms with van der Waals surface area (Å²) in [6, 6.07) is 12.1. The number of carbonyl (C=O) groups is 1. The molecule has 1 saturated heterocycles. The van der Waals surface area contributed by atoms with E-state index in [0.717, 1.165) is 33.7 Å². The zero-order valence-corrected chi connectivity index (χ0v) is 14.0. The van der Waals surface area contributed by atoms with Crippen molar-refractivity contribution in [1.29, 1.82) is 0 Å². The molecule has 2 atom stereocenters. The van der Waals surface area contributed by atoms with Crippen LogP contribution in [0, 0.1) is 12.8 Å². The lowest BCUT2D eigenvalue weighted by Crippen LogP contribution is -2.30. The highest BCUT2D eigenvalue weighted by atomic mass is 16.3. The molecule has 1 fully saturated rings. The van der Waals surface area contributed by atoms with E-state index in [4.69, 9.17) is 4.42 Å². The molecule has 2 heterocycles. The lowest BCUT2D eigenvalue weighted by Gasteiger charge is -2.16. The molecule has 1 N–H and O–H groups in total. The third kappa shape index (κ3) is 2.29. The molecule has 0 saturated carbocycles. The standard InChI is InChI=1S/C20H21NO3/c1-12-16-8-7-14-5-3-4-6-17(14)19(16)24-18(12)20(23)21-10-9-15(11-21)13(2)22/h3-8,13,15,22H,9-11H2,1-2H3. The Kier molecular flexibility index (Phi) is 3.57. The van der Waals surface area contributed by atoms with Crippen LogP contribution < -0.4 is 0 Å². The van der Waals surface area contributed by atoms with Gasteiger partial charge >= 0.3 is 0 Å². The minimum Gasteiger partial charge on any atom is -0.450 e. The summed E-state index contributed by atoms with van der Waals surface area (Å²) in [6.45, 7) is 4.99. The van der Waals surface area contributed by atoms with Crippen molar-refractivity contribution in [2.45, 2.75) is 26.4 Å². The Morgan fingerprint density at radius 3 is 2.79 bits per heavy atom. The van der Waals surface area contributed by atoms with Crippen molar-refractivity contribution < 1.29 is 14.3 Å². The Labute approximate surface area is 140 Å². The van der Waals surface area contributed by atoms with Gasteiger partial charge in [-0.2, -0.15) is 0 Å². The molecule has 24 heavy (non-hydrogen) atoms. The van der Waals surface area contributed by atoms with Crippen molar-refractivity contribution in [3.63, 3.8) is 0 Å². The van der Waals surface area contributed by atoms with E-state index in [1.54, 1.807) is 11.8 Å². The zero-order chi connectivity index (χ0) is 16.8. The summed E-state index contributed by atoms with van der Waals surface area (Å²) in [5, 5.41) is 12.9. The van der Waals surface area contributed by atoms with E-state index in [9.17, 15) is 9.90 Å². The molecule has 0 bridgehead atoms. The molecule has 1 aromatic heterocycles. The maximum absolute atomic E-state index is 12.9. The predicted octanol–water partition coefficient (Wildman–Crippen LogP) is 3.74. The molecule has 2 aromatic carbocycles. The topological polar surface area (TPSA) is 53.7 Å². The van der Waals surface area contributed by atoms with Gasteiger partial charge in [0, 0.05) is 35.3 Å². The number of aliphatic hydroxyl groups excluding tert-OH is 1. The van der Waals surface area contributed by atoms with Gasteiger partial charge in [-0.25, -0.2) is 0 Å². The van der Waals surface area contributed by atoms with Gasteiger partial charge in [0.25, 0.3) is 5.91 Å². The van der Waals surface area contributed by atoms with Crippen LogP contribution in [0.15, 0.2) is 40.8 Å². The fourth-order valence-corrected chi connectivity index (χ4v) is 3.66. The van der Waals surface area contributed by atoms with Crippen molar-refractivity contribution in [3.8, 4) is 0 Å². The van der Waals surface area contributed by atoms with Crippen molar-refractivity contribution in [2.24, 2.45) is 5.92 Å². The summed E-state index contributed by atoms with van der Waals surface area (Å²) >= 11 is 0. The largest absolute Gasteiger partial charge is 0.450 e. The maximum atomic E-state index is 12.9. The molecule has 0 aliphatic carbocycles. The van der Waals surface area contributed by atoms with Crippen LogP contribution in [-0.4, -0.2) is 35.1 Å². The number of aliphatic hydroxyl groups is 1. The SMILES string of the molecule is Cc1c(C(=O)N2CCC(C(C)O)C2)oc2c1ccc1ccccc12. The minimum atomic E-state index is -0.386. The molecule has 0 radical (unpaired) electrons. The van der Waals surface area contributed by atoms with Crippen LogP contribution in [0.3, 0.4) is 0 Å². The number of likely N-dealkylation sites (tertiary alicyclic amines) is 1. The monoisotopic (exact) mass is 323 g/mol. The van der Waals surface area contributed by atoms with E-state index in [-0.39, 0.29) is 17.9 Å². The van der Waals surface area contributed by atoms with Gasteiger partial charge in [0.05, 0.1) is 6.10 Å². The highest BCUT2D eigenvalue weighted by molar-refractivity contribution is 6.08. The molecule has 124 valence electrons.